The van der Waals surface area contributed by atoms with Crippen molar-refractivity contribution in [1.82, 2.24) is 5.32 Å². The van der Waals surface area contributed by atoms with Gasteiger partial charge in [0.1, 0.15) is 17.2 Å². The van der Waals surface area contributed by atoms with Crippen LogP contribution >= 0.6 is 0 Å². The van der Waals surface area contributed by atoms with E-state index >= 15 is 0 Å². The lowest BCUT2D eigenvalue weighted by molar-refractivity contribution is 0.325. The zero-order chi connectivity index (χ0) is 11.5. The SMILES string of the molecule is COc1cc(OC)c([C@H]2CCN2)c(OC)c1. The van der Waals surface area contributed by atoms with Crippen molar-refractivity contribution in [2.24, 2.45) is 0 Å². The number of ether oxygens (including phenoxy) is 3. The first-order valence-electron chi connectivity index (χ1n) is 5.33. The number of rotatable bonds is 4. The molecule has 0 aromatic heterocycles. The summed E-state index contributed by atoms with van der Waals surface area (Å²) < 4.78 is 16.0. The molecule has 88 valence electrons. The molecule has 4 heteroatoms. The second kappa shape index (κ2) is 4.61. The molecule has 0 spiro atoms. The van der Waals surface area contributed by atoms with Gasteiger partial charge in [-0.1, -0.05) is 0 Å². The first-order valence-corrected chi connectivity index (χ1v) is 5.33. The molecule has 1 aliphatic rings. The zero-order valence-corrected chi connectivity index (χ0v) is 9.87. The zero-order valence-electron chi connectivity index (χ0n) is 9.87. The molecule has 1 fully saturated rings. The molecule has 1 aliphatic heterocycles. The maximum atomic E-state index is 5.39. The fourth-order valence-corrected chi connectivity index (χ4v) is 1.91. The average molecular weight is 223 g/mol. The van der Waals surface area contributed by atoms with Gasteiger partial charge in [-0.3, -0.25) is 0 Å². The van der Waals surface area contributed by atoms with Crippen molar-refractivity contribution in [2.75, 3.05) is 27.9 Å². The Bertz CT molecular complexity index is 350. The normalized spacial score (nSPS) is 18.8. The molecule has 16 heavy (non-hydrogen) atoms. The van der Waals surface area contributed by atoms with Crippen LogP contribution in [-0.4, -0.2) is 27.9 Å². The van der Waals surface area contributed by atoms with Crippen molar-refractivity contribution >= 4 is 0 Å². The Balaban J connectivity index is 2.45. The van der Waals surface area contributed by atoms with Crippen LogP contribution in [0.3, 0.4) is 0 Å². The van der Waals surface area contributed by atoms with Crippen molar-refractivity contribution in [3.8, 4) is 17.2 Å². The van der Waals surface area contributed by atoms with E-state index in [9.17, 15) is 0 Å². The predicted molar refractivity (Wildman–Crippen MR) is 61.5 cm³/mol. The van der Waals surface area contributed by atoms with E-state index in [1.807, 2.05) is 12.1 Å². The maximum absolute atomic E-state index is 5.39. The minimum absolute atomic E-state index is 0.329. The van der Waals surface area contributed by atoms with E-state index in [1.54, 1.807) is 21.3 Å². The Kier molecular flexibility index (Phi) is 3.19. The molecular formula is C12H17NO3. The van der Waals surface area contributed by atoms with Gasteiger partial charge in [0.05, 0.1) is 26.9 Å². The number of hydrogen-bond acceptors (Lipinski definition) is 4. The van der Waals surface area contributed by atoms with Gasteiger partial charge in [-0.2, -0.15) is 0 Å². The summed E-state index contributed by atoms with van der Waals surface area (Å²) in [4.78, 5) is 0. The van der Waals surface area contributed by atoms with Crippen molar-refractivity contribution in [3.05, 3.63) is 17.7 Å². The largest absolute Gasteiger partial charge is 0.496 e. The lowest BCUT2D eigenvalue weighted by atomic mass is 9.96. The Morgan fingerprint density at radius 1 is 1.06 bits per heavy atom. The van der Waals surface area contributed by atoms with E-state index in [-0.39, 0.29) is 0 Å². The van der Waals surface area contributed by atoms with Crippen LogP contribution in [0.25, 0.3) is 0 Å². The summed E-state index contributed by atoms with van der Waals surface area (Å²) in [7, 11) is 4.96. The fraction of sp³-hybridized carbons (Fsp3) is 0.500. The van der Waals surface area contributed by atoms with Crippen molar-refractivity contribution in [2.45, 2.75) is 12.5 Å². The first kappa shape index (κ1) is 11.1. The van der Waals surface area contributed by atoms with Gasteiger partial charge in [-0.05, 0) is 13.0 Å². The molecule has 1 aromatic rings. The highest BCUT2D eigenvalue weighted by molar-refractivity contribution is 5.52. The van der Waals surface area contributed by atoms with E-state index in [0.29, 0.717) is 6.04 Å². The van der Waals surface area contributed by atoms with E-state index in [4.69, 9.17) is 14.2 Å². The van der Waals surface area contributed by atoms with Gasteiger partial charge >= 0.3 is 0 Å². The quantitative estimate of drug-likeness (QED) is 0.844. The molecule has 0 amide bonds. The van der Waals surface area contributed by atoms with Crippen LogP contribution in [0.4, 0.5) is 0 Å². The Morgan fingerprint density at radius 2 is 1.62 bits per heavy atom. The first-order chi connectivity index (χ1) is 7.80. The van der Waals surface area contributed by atoms with Crippen molar-refractivity contribution < 1.29 is 14.2 Å². The summed E-state index contributed by atoms with van der Waals surface area (Å²) in [6, 6.07) is 4.10. The van der Waals surface area contributed by atoms with Gasteiger partial charge < -0.3 is 19.5 Å². The topological polar surface area (TPSA) is 39.7 Å². The monoisotopic (exact) mass is 223 g/mol. The molecule has 4 nitrogen and oxygen atoms in total. The highest BCUT2D eigenvalue weighted by Crippen LogP contribution is 2.41. The van der Waals surface area contributed by atoms with Crippen LogP contribution in [-0.2, 0) is 0 Å². The van der Waals surface area contributed by atoms with Gasteiger partial charge in [0.25, 0.3) is 0 Å². The summed E-state index contributed by atoms with van der Waals surface area (Å²) in [6.45, 7) is 1.04. The maximum Gasteiger partial charge on any atom is 0.131 e. The molecule has 1 N–H and O–H groups in total. The fourth-order valence-electron chi connectivity index (χ4n) is 1.91. The van der Waals surface area contributed by atoms with Gasteiger partial charge in [-0.15, -0.1) is 0 Å². The number of nitrogens with one attached hydrogen (secondary N) is 1. The Labute approximate surface area is 95.5 Å². The molecule has 0 bridgehead atoms. The van der Waals surface area contributed by atoms with Crippen LogP contribution < -0.4 is 19.5 Å². The van der Waals surface area contributed by atoms with Crippen LogP contribution in [0.2, 0.25) is 0 Å². The molecule has 0 unspecified atom stereocenters. The lowest BCUT2D eigenvalue weighted by Gasteiger charge is -2.30. The second-order valence-corrected chi connectivity index (χ2v) is 3.74. The van der Waals surface area contributed by atoms with Crippen LogP contribution in [0.1, 0.15) is 18.0 Å². The highest BCUT2D eigenvalue weighted by Gasteiger charge is 2.26. The molecule has 1 heterocycles. The third-order valence-electron chi connectivity index (χ3n) is 2.93. The molecular weight excluding hydrogens is 206 g/mol. The standard InChI is InChI=1S/C12H17NO3/c1-14-8-6-10(15-2)12(9-4-5-13-9)11(7-8)16-3/h6-7,9,13H,4-5H2,1-3H3/t9-/m1/s1. The van der Waals surface area contributed by atoms with E-state index < -0.39 is 0 Å². The average Bonchev–Trinajstić information content (AvgIpc) is 2.26. The van der Waals surface area contributed by atoms with Crippen LogP contribution in [0.5, 0.6) is 17.2 Å². The summed E-state index contributed by atoms with van der Waals surface area (Å²) in [5.74, 6) is 2.37. The smallest absolute Gasteiger partial charge is 0.131 e. The molecule has 1 saturated heterocycles. The van der Waals surface area contributed by atoms with Crippen LogP contribution in [0, 0.1) is 0 Å². The van der Waals surface area contributed by atoms with Crippen molar-refractivity contribution in [1.29, 1.82) is 0 Å². The second-order valence-electron chi connectivity index (χ2n) is 3.74. The minimum Gasteiger partial charge on any atom is -0.496 e. The number of benzene rings is 1. The third-order valence-corrected chi connectivity index (χ3v) is 2.93. The number of hydrogen-bond donors (Lipinski definition) is 1. The van der Waals surface area contributed by atoms with E-state index in [0.717, 1.165) is 35.8 Å². The van der Waals surface area contributed by atoms with Gasteiger partial charge in [0.2, 0.25) is 0 Å². The molecule has 0 aliphatic carbocycles. The summed E-state index contributed by atoms with van der Waals surface area (Å²) in [6.07, 6.45) is 1.11. The van der Waals surface area contributed by atoms with E-state index in [2.05, 4.69) is 5.32 Å². The number of methoxy groups -OCH3 is 3. The van der Waals surface area contributed by atoms with E-state index in [1.165, 1.54) is 0 Å². The van der Waals surface area contributed by atoms with Crippen molar-refractivity contribution in [3.63, 3.8) is 0 Å². The molecule has 2 rings (SSSR count). The predicted octanol–water partition coefficient (Wildman–Crippen LogP) is 1.75. The lowest BCUT2D eigenvalue weighted by Crippen LogP contribution is -2.35. The Hall–Kier alpha value is -1.42. The molecule has 1 aromatic carbocycles. The molecule has 0 saturated carbocycles. The van der Waals surface area contributed by atoms with Gasteiger partial charge in [0.15, 0.2) is 0 Å². The minimum atomic E-state index is 0.329. The highest BCUT2D eigenvalue weighted by atomic mass is 16.5. The van der Waals surface area contributed by atoms with Gasteiger partial charge in [0, 0.05) is 18.2 Å². The molecule has 1 atom stereocenters. The summed E-state index contributed by atoms with van der Waals surface area (Å²) in [5.41, 5.74) is 1.08. The Morgan fingerprint density at radius 3 is 1.94 bits per heavy atom. The third kappa shape index (κ3) is 1.80. The molecule has 0 radical (unpaired) electrons. The summed E-state index contributed by atoms with van der Waals surface area (Å²) in [5, 5.41) is 3.35. The van der Waals surface area contributed by atoms with Crippen LogP contribution in [0.15, 0.2) is 12.1 Å². The van der Waals surface area contributed by atoms with Gasteiger partial charge in [-0.25, -0.2) is 0 Å². The summed E-state index contributed by atoms with van der Waals surface area (Å²) >= 11 is 0.